The van der Waals surface area contributed by atoms with Gasteiger partial charge in [0, 0.05) is 25.0 Å². The van der Waals surface area contributed by atoms with E-state index < -0.39 is 9.84 Å². The largest absolute Gasteiger partial charge is 0.356 e. The molecule has 0 saturated carbocycles. The highest BCUT2D eigenvalue weighted by Crippen LogP contribution is 2.21. The molecule has 0 aromatic heterocycles. The number of aryl methyl sites for hydroxylation is 1. The van der Waals surface area contributed by atoms with Crippen molar-refractivity contribution in [2.24, 2.45) is 4.99 Å². The summed E-state index contributed by atoms with van der Waals surface area (Å²) < 4.78 is 24.5. The molecule has 0 amide bonds. The van der Waals surface area contributed by atoms with Gasteiger partial charge < -0.3 is 10.6 Å². The van der Waals surface area contributed by atoms with Gasteiger partial charge in [0.2, 0.25) is 0 Å². The Balaban J connectivity index is 1.77. The van der Waals surface area contributed by atoms with Gasteiger partial charge >= 0.3 is 0 Å². The van der Waals surface area contributed by atoms with Crippen molar-refractivity contribution in [3.05, 3.63) is 65.2 Å². The van der Waals surface area contributed by atoms with Crippen LogP contribution in [-0.4, -0.2) is 40.0 Å². The van der Waals surface area contributed by atoms with Gasteiger partial charge in [-0.2, -0.15) is 0 Å². The molecular formula is C21H29N3O2S2. The zero-order chi connectivity index (χ0) is 20.4. The number of nitrogens with zero attached hydrogens (tertiary/aromatic N) is 1. The summed E-state index contributed by atoms with van der Waals surface area (Å²) in [5, 5.41) is 6.49. The van der Waals surface area contributed by atoms with E-state index in [9.17, 15) is 8.42 Å². The number of nitrogens with one attached hydrogen (secondary N) is 2. The normalized spacial score (nSPS) is 12.0. The maximum Gasteiger partial charge on any atom is 0.191 e. The molecule has 2 N–H and O–H groups in total. The number of hydrogen-bond donors (Lipinski definition) is 2. The van der Waals surface area contributed by atoms with E-state index in [0.29, 0.717) is 25.5 Å². The Bertz CT molecular complexity index is 882. The van der Waals surface area contributed by atoms with Crippen LogP contribution in [0.5, 0.6) is 0 Å². The van der Waals surface area contributed by atoms with Crippen LogP contribution >= 0.6 is 11.8 Å². The maximum atomic E-state index is 12.2. The molecule has 7 heteroatoms. The topological polar surface area (TPSA) is 70.6 Å². The molecule has 0 aliphatic carbocycles. The Labute approximate surface area is 173 Å². The van der Waals surface area contributed by atoms with Gasteiger partial charge in [-0.1, -0.05) is 42.5 Å². The Hall–Kier alpha value is -1.99. The SMILES string of the molecule is CN=C(NCCCS(=O)(=O)Cc1ccccc1)NCc1ccc(C)cc1SC. The van der Waals surface area contributed by atoms with Crippen LogP contribution in [-0.2, 0) is 22.1 Å². The van der Waals surface area contributed by atoms with Crippen molar-refractivity contribution in [2.45, 2.75) is 30.5 Å². The molecule has 0 radical (unpaired) electrons. The van der Waals surface area contributed by atoms with Gasteiger partial charge in [-0.05, 0) is 42.4 Å². The third kappa shape index (κ3) is 7.56. The van der Waals surface area contributed by atoms with Crippen LogP contribution in [0.1, 0.15) is 23.1 Å². The fraction of sp³-hybridized carbons (Fsp3) is 0.381. The molecule has 0 aliphatic rings. The third-order valence-corrected chi connectivity index (χ3v) is 6.77. The third-order valence-electron chi connectivity index (χ3n) is 4.27. The van der Waals surface area contributed by atoms with Gasteiger partial charge in [-0.25, -0.2) is 8.42 Å². The molecule has 0 fully saturated rings. The van der Waals surface area contributed by atoms with Gasteiger partial charge in [0.05, 0.1) is 11.5 Å². The summed E-state index contributed by atoms with van der Waals surface area (Å²) in [7, 11) is -1.40. The number of thioether (sulfide) groups is 1. The second-order valence-electron chi connectivity index (χ2n) is 6.60. The van der Waals surface area contributed by atoms with Gasteiger partial charge in [0.1, 0.15) is 0 Å². The Morgan fingerprint density at radius 3 is 2.54 bits per heavy atom. The first-order chi connectivity index (χ1) is 13.4. The molecule has 28 heavy (non-hydrogen) atoms. The van der Waals surface area contributed by atoms with E-state index in [1.54, 1.807) is 18.8 Å². The molecule has 2 rings (SSSR count). The number of hydrogen-bond acceptors (Lipinski definition) is 4. The van der Waals surface area contributed by atoms with Crippen molar-refractivity contribution in [3.63, 3.8) is 0 Å². The maximum absolute atomic E-state index is 12.2. The molecule has 2 aromatic carbocycles. The molecule has 0 bridgehead atoms. The smallest absolute Gasteiger partial charge is 0.191 e. The van der Waals surface area contributed by atoms with E-state index in [1.807, 2.05) is 30.3 Å². The minimum absolute atomic E-state index is 0.0890. The highest BCUT2D eigenvalue weighted by atomic mass is 32.2. The minimum atomic E-state index is -3.11. The van der Waals surface area contributed by atoms with Gasteiger partial charge in [-0.3, -0.25) is 4.99 Å². The van der Waals surface area contributed by atoms with Crippen LogP contribution in [0.3, 0.4) is 0 Å². The summed E-state index contributed by atoms with van der Waals surface area (Å²) in [6, 6.07) is 15.7. The van der Waals surface area contributed by atoms with Crippen molar-refractivity contribution in [1.82, 2.24) is 10.6 Å². The lowest BCUT2D eigenvalue weighted by Gasteiger charge is -2.14. The highest BCUT2D eigenvalue weighted by Gasteiger charge is 2.11. The number of sulfone groups is 1. The van der Waals surface area contributed by atoms with E-state index in [2.05, 4.69) is 47.0 Å². The van der Waals surface area contributed by atoms with Crippen LogP contribution in [0.25, 0.3) is 0 Å². The van der Waals surface area contributed by atoms with Gasteiger partial charge in [0.15, 0.2) is 15.8 Å². The Morgan fingerprint density at radius 1 is 1.11 bits per heavy atom. The predicted octanol–water partition coefficient (Wildman–Crippen LogP) is 3.39. The molecule has 0 spiro atoms. The number of aliphatic imine (C=N–C) groups is 1. The standard InChI is InChI=1S/C21H29N3O2S2/c1-17-10-11-19(20(14-17)27-3)15-24-21(22-2)23-12-7-13-28(25,26)16-18-8-5-4-6-9-18/h4-6,8-11,14H,7,12-13,15-16H2,1-3H3,(H2,22,23,24). The van der Waals surface area contributed by atoms with Gasteiger partial charge in [0.25, 0.3) is 0 Å². The molecule has 0 aliphatic heterocycles. The predicted molar refractivity (Wildman–Crippen MR) is 120 cm³/mol. The van der Waals surface area contributed by atoms with Crippen LogP contribution in [0.15, 0.2) is 58.4 Å². The summed E-state index contributed by atoms with van der Waals surface area (Å²) in [5.74, 6) is 0.916. The second-order valence-corrected chi connectivity index (χ2v) is 9.63. The quantitative estimate of drug-likeness (QED) is 0.282. The second kappa shape index (κ2) is 11.1. The van der Waals surface area contributed by atoms with E-state index in [4.69, 9.17) is 0 Å². The zero-order valence-corrected chi connectivity index (χ0v) is 18.4. The van der Waals surface area contributed by atoms with Crippen molar-refractivity contribution in [1.29, 1.82) is 0 Å². The number of benzene rings is 2. The van der Waals surface area contributed by atoms with Crippen LogP contribution in [0.2, 0.25) is 0 Å². The Kier molecular flexibility index (Phi) is 8.86. The van der Waals surface area contributed by atoms with Crippen LogP contribution in [0, 0.1) is 6.92 Å². The monoisotopic (exact) mass is 419 g/mol. The summed E-state index contributed by atoms with van der Waals surface area (Å²) in [6.07, 6.45) is 2.61. The lowest BCUT2D eigenvalue weighted by atomic mass is 10.1. The van der Waals surface area contributed by atoms with E-state index >= 15 is 0 Å². The highest BCUT2D eigenvalue weighted by molar-refractivity contribution is 7.98. The molecule has 152 valence electrons. The van der Waals surface area contributed by atoms with Crippen molar-refractivity contribution in [3.8, 4) is 0 Å². The molecule has 0 heterocycles. The number of rotatable bonds is 9. The first-order valence-electron chi connectivity index (χ1n) is 9.26. The fourth-order valence-electron chi connectivity index (χ4n) is 2.80. The van der Waals surface area contributed by atoms with Gasteiger partial charge in [-0.15, -0.1) is 11.8 Å². The van der Waals surface area contributed by atoms with E-state index in [0.717, 1.165) is 5.56 Å². The van der Waals surface area contributed by atoms with Crippen molar-refractivity contribution >= 4 is 27.6 Å². The first-order valence-corrected chi connectivity index (χ1v) is 12.3. The molecule has 0 saturated heterocycles. The van der Waals surface area contributed by atoms with E-state index in [1.165, 1.54) is 16.0 Å². The molecule has 0 atom stereocenters. The van der Waals surface area contributed by atoms with Crippen LogP contribution in [0.4, 0.5) is 0 Å². The lowest BCUT2D eigenvalue weighted by Crippen LogP contribution is -2.37. The Morgan fingerprint density at radius 2 is 1.86 bits per heavy atom. The van der Waals surface area contributed by atoms with Crippen LogP contribution < -0.4 is 10.6 Å². The molecular weight excluding hydrogens is 390 g/mol. The first kappa shape index (κ1) is 22.3. The minimum Gasteiger partial charge on any atom is -0.356 e. The zero-order valence-electron chi connectivity index (χ0n) is 16.7. The molecule has 5 nitrogen and oxygen atoms in total. The van der Waals surface area contributed by atoms with Crippen molar-refractivity contribution < 1.29 is 8.42 Å². The average molecular weight is 420 g/mol. The van der Waals surface area contributed by atoms with Crippen molar-refractivity contribution in [2.75, 3.05) is 25.6 Å². The van der Waals surface area contributed by atoms with E-state index in [-0.39, 0.29) is 11.5 Å². The lowest BCUT2D eigenvalue weighted by molar-refractivity contribution is 0.591. The number of guanidine groups is 1. The summed E-state index contributed by atoms with van der Waals surface area (Å²) in [4.78, 5) is 5.46. The molecule has 2 aromatic rings. The average Bonchev–Trinajstić information content (AvgIpc) is 2.68. The summed E-state index contributed by atoms with van der Waals surface area (Å²) in [5.41, 5.74) is 3.29. The fourth-order valence-corrected chi connectivity index (χ4v) is 4.93. The summed E-state index contributed by atoms with van der Waals surface area (Å²) >= 11 is 1.73. The molecule has 0 unspecified atom stereocenters. The summed E-state index contributed by atoms with van der Waals surface area (Å²) in [6.45, 7) is 3.31.